The number of hydrogen-bond acceptors (Lipinski definition) is 8. The third kappa shape index (κ3) is 5.18. The van der Waals surface area contributed by atoms with E-state index in [1.807, 2.05) is 13.0 Å². The van der Waals surface area contributed by atoms with E-state index in [-0.39, 0.29) is 11.8 Å². The Morgan fingerprint density at radius 3 is 2.58 bits per heavy atom. The van der Waals surface area contributed by atoms with Gasteiger partial charge in [-0.05, 0) is 49.5 Å². The molecule has 0 atom stereocenters. The Balaban J connectivity index is 1.38. The highest BCUT2D eigenvalue weighted by Crippen LogP contribution is 2.23. The Bertz CT molecular complexity index is 1210. The van der Waals surface area contributed by atoms with Crippen LogP contribution in [0.25, 0.3) is 0 Å². The standard InChI is InChI=1S/C24H24N6O2S/c1-3-12-25-21-17(15-26-24(28-21)27-20-14-16(2)29-33-20)9-5-4-8-13-30-22(31)18-10-6-7-11-19(18)23(30)32/h6-7,10-11,14-15H,3-4,8,12-13H2,1-2H3,(H2,25,26,27,28). The number of hydrogen-bond donors (Lipinski definition) is 2. The number of aryl methyl sites for hydroxylation is 1. The molecule has 2 aromatic heterocycles. The van der Waals surface area contributed by atoms with E-state index in [1.165, 1.54) is 16.4 Å². The molecule has 1 aliphatic rings. The van der Waals surface area contributed by atoms with Crippen LogP contribution in [0.1, 0.15) is 58.2 Å². The summed E-state index contributed by atoms with van der Waals surface area (Å²) in [6.45, 7) is 5.13. The summed E-state index contributed by atoms with van der Waals surface area (Å²) in [5, 5.41) is 7.34. The SMILES string of the molecule is CCCNc1nc(Nc2cc(C)ns2)ncc1C#CCCCN1C(=O)c2ccccc2C1=O. The van der Waals surface area contributed by atoms with Crippen LogP contribution in [0.2, 0.25) is 0 Å². The van der Waals surface area contributed by atoms with Crippen molar-refractivity contribution >= 4 is 40.1 Å². The molecule has 0 unspecified atom stereocenters. The van der Waals surface area contributed by atoms with Crippen molar-refractivity contribution in [1.29, 1.82) is 0 Å². The van der Waals surface area contributed by atoms with E-state index in [0.717, 1.165) is 23.7 Å². The van der Waals surface area contributed by atoms with Gasteiger partial charge in [0.25, 0.3) is 11.8 Å². The highest BCUT2D eigenvalue weighted by Gasteiger charge is 2.34. The largest absolute Gasteiger partial charge is 0.369 e. The molecule has 2 amide bonds. The van der Waals surface area contributed by atoms with Gasteiger partial charge in [-0.25, -0.2) is 4.98 Å². The van der Waals surface area contributed by atoms with E-state index in [2.05, 4.69) is 43.7 Å². The van der Waals surface area contributed by atoms with Crippen LogP contribution in [0.15, 0.2) is 36.5 Å². The van der Waals surface area contributed by atoms with E-state index in [1.54, 1.807) is 30.5 Å². The summed E-state index contributed by atoms with van der Waals surface area (Å²) in [6.07, 6.45) is 3.79. The zero-order valence-electron chi connectivity index (χ0n) is 18.5. The number of unbranched alkanes of at least 4 members (excludes halogenated alkanes) is 1. The minimum absolute atomic E-state index is 0.234. The first-order valence-electron chi connectivity index (χ1n) is 10.8. The van der Waals surface area contributed by atoms with Crippen molar-refractivity contribution in [2.24, 2.45) is 0 Å². The van der Waals surface area contributed by atoms with Gasteiger partial charge >= 0.3 is 0 Å². The Labute approximate surface area is 196 Å². The Kier molecular flexibility index (Phi) is 6.95. The zero-order valence-corrected chi connectivity index (χ0v) is 19.3. The first-order valence-corrected chi connectivity index (χ1v) is 11.6. The molecule has 3 heterocycles. The maximum atomic E-state index is 12.4. The molecular formula is C24H24N6O2S. The predicted molar refractivity (Wildman–Crippen MR) is 129 cm³/mol. The van der Waals surface area contributed by atoms with Crippen LogP contribution in [-0.4, -0.2) is 44.1 Å². The fraction of sp³-hybridized carbons (Fsp3) is 0.292. The van der Waals surface area contributed by atoms with Gasteiger partial charge in [-0.1, -0.05) is 30.9 Å². The quantitative estimate of drug-likeness (QED) is 0.295. The molecule has 0 fully saturated rings. The summed E-state index contributed by atoms with van der Waals surface area (Å²) < 4.78 is 4.25. The molecule has 1 aromatic carbocycles. The number of benzene rings is 1. The van der Waals surface area contributed by atoms with Crippen LogP contribution in [-0.2, 0) is 0 Å². The summed E-state index contributed by atoms with van der Waals surface area (Å²) in [4.78, 5) is 35.1. The van der Waals surface area contributed by atoms with Crippen molar-refractivity contribution in [3.63, 3.8) is 0 Å². The van der Waals surface area contributed by atoms with Crippen LogP contribution in [0.4, 0.5) is 16.8 Å². The molecule has 9 heteroatoms. The minimum Gasteiger partial charge on any atom is -0.369 e. The van der Waals surface area contributed by atoms with E-state index >= 15 is 0 Å². The van der Waals surface area contributed by atoms with Gasteiger partial charge in [-0.2, -0.15) is 9.36 Å². The van der Waals surface area contributed by atoms with Gasteiger partial charge in [0.1, 0.15) is 10.8 Å². The fourth-order valence-corrected chi connectivity index (χ4v) is 4.03. The first kappa shape index (κ1) is 22.4. The number of fused-ring (bicyclic) bond motifs is 1. The lowest BCUT2D eigenvalue weighted by Gasteiger charge is -2.12. The molecule has 3 aromatic rings. The summed E-state index contributed by atoms with van der Waals surface area (Å²) in [5.41, 5.74) is 2.59. The average Bonchev–Trinajstić information content (AvgIpc) is 3.34. The van der Waals surface area contributed by atoms with Gasteiger partial charge in [0.15, 0.2) is 0 Å². The maximum absolute atomic E-state index is 12.4. The number of amides is 2. The Morgan fingerprint density at radius 2 is 1.91 bits per heavy atom. The lowest BCUT2D eigenvalue weighted by molar-refractivity contribution is 0.0653. The van der Waals surface area contributed by atoms with E-state index in [4.69, 9.17) is 0 Å². The second-order valence-electron chi connectivity index (χ2n) is 7.55. The van der Waals surface area contributed by atoms with Crippen molar-refractivity contribution in [2.75, 3.05) is 23.7 Å². The fourth-order valence-electron chi connectivity index (χ4n) is 3.37. The average molecular weight is 461 g/mol. The highest BCUT2D eigenvalue weighted by atomic mass is 32.1. The Morgan fingerprint density at radius 1 is 1.15 bits per heavy atom. The predicted octanol–water partition coefficient (Wildman–Crippen LogP) is 4.23. The third-order valence-corrected chi connectivity index (χ3v) is 5.77. The van der Waals surface area contributed by atoms with Gasteiger partial charge in [0, 0.05) is 19.5 Å². The molecule has 1 aliphatic heterocycles. The molecule has 8 nitrogen and oxygen atoms in total. The lowest BCUT2D eigenvalue weighted by Crippen LogP contribution is -2.30. The van der Waals surface area contributed by atoms with Gasteiger partial charge in [-0.15, -0.1) is 0 Å². The van der Waals surface area contributed by atoms with E-state index in [0.29, 0.717) is 47.8 Å². The molecule has 168 valence electrons. The molecule has 0 bridgehead atoms. The van der Waals surface area contributed by atoms with Gasteiger partial charge in [-0.3, -0.25) is 14.5 Å². The number of nitrogens with zero attached hydrogens (tertiary/aromatic N) is 4. The van der Waals surface area contributed by atoms with E-state index < -0.39 is 0 Å². The van der Waals surface area contributed by atoms with Crippen molar-refractivity contribution in [2.45, 2.75) is 33.1 Å². The summed E-state index contributed by atoms with van der Waals surface area (Å²) in [5.74, 6) is 6.92. The number of imide groups is 1. The van der Waals surface area contributed by atoms with Crippen molar-refractivity contribution in [1.82, 2.24) is 19.2 Å². The molecule has 0 saturated carbocycles. The van der Waals surface area contributed by atoms with Crippen LogP contribution in [0.5, 0.6) is 0 Å². The molecule has 33 heavy (non-hydrogen) atoms. The number of nitrogens with one attached hydrogen (secondary N) is 2. The van der Waals surface area contributed by atoms with Crippen LogP contribution in [0.3, 0.4) is 0 Å². The minimum atomic E-state index is -0.234. The topological polar surface area (TPSA) is 100 Å². The second kappa shape index (κ2) is 10.2. The Hall–Kier alpha value is -3.77. The monoisotopic (exact) mass is 460 g/mol. The summed E-state index contributed by atoms with van der Waals surface area (Å²) >= 11 is 1.36. The van der Waals surface area contributed by atoms with E-state index in [9.17, 15) is 9.59 Å². The number of anilines is 3. The lowest BCUT2D eigenvalue weighted by atomic mass is 10.1. The maximum Gasteiger partial charge on any atom is 0.261 e. The number of carbonyl (C=O) groups excluding carboxylic acids is 2. The molecule has 0 spiro atoms. The molecule has 0 saturated heterocycles. The first-order chi connectivity index (χ1) is 16.1. The number of rotatable bonds is 8. The van der Waals surface area contributed by atoms with Gasteiger partial charge in [0.05, 0.1) is 28.6 Å². The molecule has 2 N–H and O–H groups in total. The van der Waals surface area contributed by atoms with Crippen molar-refractivity contribution in [3.05, 3.63) is 58.9 Å². The molecule has 4 rings (SSSR count). The summed E-state index contributed by atoms with van der Waals surface area (Å²) in [7, 11) is 0. The van der Waals surface area contributed by atoms with Crippen molar-refractivity contribution in [3.8, 4) is 11.8 Å². The molecule has 0 radical (unpaired) electrons. The number of aromatic nitrogens is 3. The normalized spacial score (nSPS) is 12.4. The van der Waals surface area contributed by atoms with Crippen molar-refractivity contribution < 1.29 is 9.59 Å². The van der Waals surface area contributed by atoms with Crippen LogP contribution in [0, 0.1) is 18.8 Å². The van der Waals surface area contributed by atoms with Gasteiger partial charge < -0.3 is 10.6 Å². The van der Waals surface area contributed by atoms with Crippen LogP contribution < -0.4 is 10.6 Å². The number of carbonyl (C=O) groups is 2. The molecular weight excluding hydrogens is 436 g/mol. The smallest absolute Gasteiger partial charge is 0.261 e. The third-order valence-electron chi connectivity index (χ3n) is 4.98. The summed E-state index contributed by atoms with van der Waals surface area (Å²) in [6, 6.07) is 8.85. The molecule has 0 aliphatic carbocycles. The van der Waals surface area contributed by atoms with Gasteiger partial charge in [0.2, 0.25) is 5.95 Å². The van der Waals surface area contributed by atoms with Crippen LogP contribution >= 0.6 is 11.5 Å². The highest BCUT2D eigenvalue weighted by molar-refractivity contribution is 7.10. The second-order valence-corrected chi connectivity index (χ2v) is 8.36. The zero-order chi connectivity index (χ0) is 23.2.